The number of fused-ring (bicyclic) bond motifs is 2. The maximum Gasteiger partial charge on any atom is 0.302 e. The normalized spacial score (nSPS) is 11.2. The van der Waals surface area contributed by atoms with Crippen molar-refractivity contribution >= 4 is 27.8 Å². The Balaban J connectivity index is 1.81. The first-order chi connectivity index (χ1) is 14.1. The van der Waals surface area contributed by atoms with E-state index in [1.54, 1.807) is 24.5 Å². The highest BCUT2D eigenvalue weighted by molar-refractivity contribution is 6.03. The Morgan fingerprint density at radius 3 is 2.41 bits per heavy atom. The number of rotatable bonds is 3. The number of nitrogens with two attached hydrogens (primary N) is 1. The summed E-state index contributed by atoms with van der Waals surface area (Å²) in [4.78, 5) is 24.4. The summed E-state index contributed by atoms with van der Waals surface area (Å²) in [5.74, 6) is 4.31. The van der Waals surface area contributed by atoms with Crippen molar-refractivity contribution < 1.29 is 9.18 Å². The molecular weight excluding hydrogens is 373 g/mol. The van der Waals surface area contributed by atoms with E-state index in [9.17, 15) is 9.18 Å². The minimum absolute atomic E-state index is 0.00192. The van der Waals surface area contributed by atoms with E-state index >= 15 is 0 Å². The number of nitrogens with one attached hydrogen (secondary N) is 2. The fraction of sp³-hybridized carbons (Fsp3) is 0. The van der Waals surface area contributed by atoms with Gasteiger partial charge in [0.2, 0.25) is 5.82 Å². The fourth-order valence-corrected chi connectivity index (χ4v) is 3.31. The van der Waals surface area contributed by atoms with Crippen molar-refractivity contribution in [2.45, 2.75) is 0 Å². The molecular formula is C20H14FN7O. The average molecular weight is 387 g/mol. The van der Waals surface area contributed by atoms with Crippen molar-refractivity contribution in [1.29, 1.82) is 0 Å². The van der Waals surface area contributed by atoms with Crippen molar-refractivity contribution in [1.82, 2.24) is 30.2 Å². The third kappa shape index (κ3) is 2.80. The van der Waals surface area contributed by atoms with Crippen molar-refractivity contribution in [3.63, 3.8) is 0 Å². The maximum atomic E-state index is 13.4. The number of nitrogen functional groups attached to an aromatic ring is 1. The lowest BCUT2D eigenvalue weighted by Crippen LogP contribution is -2.30. The molecule has 2 aromatic carbocycles. The Kier molecular flexibility index (Phi) is 3.81. The molecule has 3 heterocycles. The number of hydrogen-bond donors (Lipinski definition) is 3. The van der Waals surface area contributed by atoms with Crippen LogP contribution in [0.4, 0.5) is 4.39 Å². The monoisotopic (exact) mass is 387 g/mol. The van der Waals surface area contributed by atoms with Gasteiger partial charge in [0.25, 0.3) is 0 Å². The van der Waals surface area contributed by atoms with Gasteiger partial charge in [-0.05, 0) is 48.5 Å². The predicted molar refractivity (Wildman–Crippen MR) is 106 cm³/mol. The zero-order chi connectivity index (χ0) is 20.0. The maximum absolute atomic E-state index is 13.4. The first-order valence-corrected chi connectivity index (χ1v) is 8.73. The van der Waals surface area contributed by atoms with Gasteiger partial charge in [-0.2, -0.15) is 0 Å². The highest BCUT2D eigenvalue weighted by atomic mass is 19.1. The SMILES string of the molecule is NNC(=O)c1nc2cc3c(-c4ccncc4)[nH]n(-c4ccc(F)cc4)c3cc2n1. The Morgan fingerprint density at radius 2 is 1.72 bits per heavy atom. The van der Waals surface area contributed by atoms with Gasteiger partial charge in [-0.3, -0.25) is 25.0 Å². The zero-order valence-corrected chi connectivity index (χ0v) is 14.9. The number of carbonyl (C=O) groups excluding carboxylic acids is 1. The summed E-state index contributed by atoms with van der Waals surface area (Å²) in [5, 5.41) is 4.23. The molecule has 0 spiro atoms. The van der Waals surface area contributed by atoms with Crippen LogP contribution in [-0.2, 0) is 0 Å². The fourth-order valence-electron chi connectivity index (χ4n) is 3.31. The van der Waals surface area contributed by atoms with Gasteiger partial charge in [-0.15, -0.1) is 0 Å². The van der Waals surface area contributed by atoms with Gasteiger partial charge < -0.3 is 0 Å². The van der Waals surface area contributed by atoms with E-state index in [1.165, 1.54) is 12.1 Å². The highest BCUT2D eigenvalue weighted by Crippen LogP contribution is 2.32. The molecule has 1 amide bonds. The molecule has 0 aliphatic rings. The third-order valence-corrected chi connectivity index (χ3v) is 4.67. The van der Waals surface area contributed by atoms with Crippen LogP contribution in [0.25, 0.3) is 38.9 Å². The summed E-state index contributed by atoms with van der Waals surface area (Å²) in [6, 6.07) is 13.6. The smallest absolute Gasteiger partial charge is 0.292 e. The van der Waals surface area contributed by atoms with Crippen LogP contribution in [0.1, 0.15) is 10.6 Å². The predicted octanol–water partition coefficient (Wildman–Crippen LogP) is 2.71. The number of benzene rings is 2. The van der Waals surface area contributed by atoms with E-state index in [2.05, 4.69) is 20.1 Å². The van der Waals surface area contributed by atoms with Crippen molar-refractivity contribution in [3.05, 3.63) is 72.6 Å². The van der Waals surface area contributed by atoms with Crippen LogP contribution < -0.4 is 11.3 Å². The summed E-state index contributed by atoms with van der Waals surface area (Å²) in [6.45, 7) is 0. The van der Waals surface area contributed by atoms with Crippen LogP contribution in [0.5, 0.6) is 0 Å². The second kappa shape index (κ2) is 6.50. The van der Waals surface area contributed by atoms with E-state index < -0.39 is 5.91 Å². The zero-order valence-electron chi connectivity index (χ0n) is 14.9. The van der Waals surface area contributed by atoms with Gasteiger partial charge in [0.05, 0.1) is 27.9 Å². The molecule has 0 aliphatic carbocycles. The summed E-state index contributed by atoms with van der Waals surface area (Å²) >= 11 is 0. The lowest BCUT2D eigenvalue weighted by atomic mass is 10.1. The Labute approximate surface area is 163 Å². The molecule has 0 bridgehead atoms. The number of carbonyl (C=O) groups is 1. The molecule has 0 saturated carbocycles. The number of nitrogens with zero attached hydrogens (tertiary/aromatic N) is 4. The van der Waals surface area contributed by atoms with Crippen molar-refractivity contribution in [3.8, 4) is 16.9 Å². The highest BCUT2D eigenvalue weighted by Gasteiger charge is 2.17. The molecule has 0 unspecified atom stereocenters. The number of halogens is 1. The molecule has 4 N–H and O–H groups in total. The van der Waals surface area contributed by atoms with Gasteiger partial charge in [-0.1, -0.05) is 0 Å². The lowest BCUT2D eigenvalue weighted by molar-refractivity contribution is 0.0944. The molecule has 0 aliphatic heterocycles. The molecule has 3 aromatic heterocycles. The average Bonchev–Trinajstić information content (AvgIpc) is 3.34. The second-order valence-electron chi connectivity index (χ2n) is 6.41. The number of aromatic amines is 1. The van der Waals surface area contributed by atoms with E-state index in [4.69, 9.17) is 5.84 Å². The minimum Gasteiger partial charge on any atom is -0.292 e. The molecule has 0 fully saturated rings. The van der Waals surface area contributed by atoms with Crippen molar-refractivity contribution in [2.75, 3.05) is 0 Å². The van der Waals surface area contributed by atoms with Crippen LogP contribution in [0.3, 0.4) is 0 Å². The first kappa shape index (κ1) is 17.0. The molecule has 0 radical (unpaired) electrons. The molecule has 5 rings (SSSR count). The Morgan fingerprint density at radius 1 is 1.03 bits per heavy atom. The molecule has 142 valence electrons. The summed E-state index contributed by atoms with van der Waals surface area (Å²) < 4.78 is 15.2. The summed E-state index contributed by atoms with van der Waals surface area (Å²) in [6.07, 6.45) is 3.41. The van der Waals surface area contributed by atoms with Crippen LogP contribution in [-0.4, -0.2) is 30.6 Å². The molecule has 5 aromatic rings. The standard InChI is InChI=1S/C20H14FN7O/c21-12-1-3-13(4-2-12)28-17-10-16-15(24-19(25-16)20(29)26-22)9-14(17)18(27-28)11-5-7-23-8-6-11/h1-10,27H,22H2,(H,26,29). The van der Waals surface area contributed by atoms with Gasteiger partial charge in [0.15, 0.2) is 0 Å². The Bertz CT molecular complexity index is 1360. The summed E-state index contributed by atoms with van der Waals surface area (Å²) in [5.41, 5.74) is 6.46. The number of imidazole rings is 1. The first-order valence-electron chi connectivity index (χ1n) is 8.73. The van der Waals surface area contributed by atoms with E-state index in [0.717, 1.165) is 27.8 Å². The van der Waals surface area contributed by atoms with Gasteiger partial charge in [-0.25, -0.2) is 20.2 Å². The number of amides is 1. The number of pyridine rings is 1. The largest absolute Gasteiger partial charge is 0.302 e. The molecule has 0 saturated heterocycles. The number of hydrogen-bond acceptors (Lipinski definition) is 5. The van der Waals surface area contributed by atoms with Gasteiger partial charge in [0.1, 0.15) is 5.82 Å². The third-order valence-electron chi connectivity index (χ3n) is 4.67. The molecule has 0 atom stereocenters. The molecule has 29 heavy (non-hydrogen) atoms. The topological polar surface area (TPSA) is 115 Å². The van der Waals surface area contributed by atoms with Gasteiger partial charge >= 0.3 is 5.91 Å². The van der Waals surface area contributed by atoms with E-state index in [1.807, 2.05) is 34.4 Å². The number of H-pyrrole nitrogens is 1. The minimum atomic E-state index is -0.562. The molecule has 9 heteroatoms. The number of aromatic nitrogens is 5. The van der Waals surface area contributed by atoms with E-state index in [-0.39, 0.29) is 11.6 Å². The Hall–Kier alpha value is -4.11. The lowest BCUT2D eigenvalue weighted by Gasteiger charge is -2.04. The second-order valence-corrected chi connectivity index (χ2v) is 6.41. The van der Waals surface area contributed by atoms with Crippen LogP contribution >= 0.6 is 0 Å². The van der Waals surface area contributed by atoms with Crippen LogP contribution in [0.2, 0.25) is 0 Å². The van der Waals surface area contributed by atoms with Gasteiger partial charge in [0, 0.05) is 23.3 Å². The van der Waals surface area contributed by atoms with Crippen molar-refractivity contribution in [2.24, 2.45) is 5.84 Å². The van der Waals surface area contributed by atoms with Crippen LogP contribution in [0, 0.1) is 5.82 Å². The summed E-state index contributed by atoms with van der Waals surface area (Å²) in [7, 11) is 0. The van der Waals surface area contributed by atoms with Crippen LogP contribution in [0.15, 0.2) is 60.9 Å². The molecule has 8 nitrogen and oxygen atoms in total. The quantitative estimate of drug-likeness (QED) is 0.250. The van der Waals surface area contributed by atoms with E-state index in [0.29, 0.717) is 11.0 Å². The number of hydrazine groups is 1.